The standard InChI is InChI=1S/C6H14N2OS/c1-6(2,9-3)4-8-5(7)10/h4H2,1-3H3,(H3,7,8,10). The Kier molecular flexibility index (Phi) is 3.60. The molecule has 0 aromatic heterocycles. The Morgan fingerprint density at radius 1 is 1.70 bits per heavy atom. The minimum Gasteiger partial charge on any atom is -0.377 e. The molecule has 0 aliphatic carbocycles. The summed E-state index contributed by atoms with van der Waals surface area (Å²) >= 11 is 4.62. The van der Waals surface area contributed by atoms with Crippen LogP contribution < -0.4 is 11.1 Å². The monoisotopic (exact) mass is 162 g/mol. The fraction of sp³-hybridized carbons (Fsp3) is 0.833. The second-order valence-electron chi connectivity index (χ2n) is 2.68. The summed E-state index contributed by atoms with van der Waals surface area (Å²) in [5.41, 5.74) is 5.01. The topological polar surface area (TPSA) is 47.3 Å². The van der Waals surface area contributed by atoms with Crippen molar-refractivity contribution >= 4 is 17.3 Å². The molecule has 0 aliphatic rings. The first-order valence-electron chi connectivity index (χ1n) is 3.06. The molecule has 0 heterocycles. The summed E-state index contributed by atoms with van der Waals surface area (Å²) in [6, 6.07) is 0. The van der Waals surface area contributed by atoms with Crippen LogP contribution in [-0.2, 0) is 4.74 Å². The van der Waals surface area contributed by atoms with Crippen LogP contribution in [0.3, 0.4) is 0 Å². The first-order chi connectivity index (χ1) is 4.48. The van der Waals surface area contributed by atoms with Crippen LogP contribution in [0.2, 0.25) is 0 Å². The first-order valence-corrected chi connectivity index (χ1v) is 3.47. The summed E-state index contributed by atoms with van der Waals surface area (Å²) in [6.07, 6.45) is 0. The van der Waals surface area contributed by atoms with Crippen molar-refractivity contribution < 1.29 is 4.74 Å². The lowest BCUT2D eigenvalue weighted by Gasteiger charge is -2.22. The van der Waals surface area contributed by atoms with E-state index in [4.69, 9.17) is 10.5 Å². The van der Waals surface area contributed by atoms with E-state index in [1.54, 1.807) is 7.11 Å². The summed E-state index contributed by atoms with van der Waals surface area (Å²) in [5, 5.41) is 3.13. The van der Waals surface area contributed by atoms with Crippen molar-refractivity contribution in [1.29, 1.82) is 0 Å². The maximum absolute atomic E-state index is 5.22. The molecule has 0 unspecified atom stereocenters. The molecule has 4 heteroatoms. The molecule has 0 amide bonds. The third kappa shape index (κ3) is 4.52. The molecular weight excluding hydrogens is 148 g/mol. The van der Waals surface area contributed by atoms with E-state index in [1.807, 2.05) is 13.8 Å². The fourth-order valence-electron chi connectivity index (χ4n) is 0.372. The van der Waals surface area contributed by atoms with Gasteiger partial charge in [0.2, 0.25) is 0 Å². The molecule has 3 N–H and O–H groups in total. The minimum absolute atomic E-state index is 0.205. The molecule has 0 rings (SSSR count). The third-order valence-corrected chi connectivity index (χ3v) is 1.39. The van der Waals surface area contributed by atoms with Crippen molar-refractivity contribution in [3.63, 3.8) is 0 Å². The van der Waals surface area contributed by atoms with Crippen LogP contribution in [0.4, 0.5) is 0 Å². The van der Waals surface area contributed by atoms with Crippen LogP contribution in [0.25, 0.3) is 0 Å². The molecule has 0 saturated carbocycles. The van der Waals surface area contributed by atoms with Gasteiger partial charge in [-0.3, -0.25) is 0 Å². The zero-order valence-corrected chi connectivity index (χ0v) is 7.42. The maximum atomic E-state index is 5.22. The minimum atomic E-state index is -0.205. The first kappa shape index (κ1) is 9.65. The Morgan fingerprint density at radius 3 is 2.50 bits per heavy atom. The van der Waals surface area contributed by atoms with Crippen molar-refractivity contribution in [2.75, 3.05) is 13.7 Å². The van der Waals surface area contributed by atoms with E-state index in [2.05, 4.69) is 17.5 Å². The lowest BCUT2D eigenvalue weighted by atomic mass is 10.1. The SMILES string of the molecule is COC(C)(C)CNC(N)=S. The van der Waals surface area contributed by atoms with Gasteiger partial charge in [-0.25, -0.2) is 0 Å². The van der Waals surface area contributed by atoms with Crippen LogP contribution >= 0.6 is 12.2 Å². The number of hydrogen-bond acceptors (Lipinski definition) is 2. The van der Waals surface area contributed by atoms with Gasteiger partial charge < -0.3 is 15.8 Å². The Labute approximate surface area is 66.9 Å². The van der Waals surface area contributed by atoms with Crippen LogP contribution in [-0.4, -0.2) is 24.4 Å². The largest absolute Gasteiger partial charge is 0.377 e. The van der Waals surface area contributed by atoms with E-state index in [9.17, 15) is 0 Å². The van der Waals surface area contributed by atoms with Crippen LogP contribution in [0.15, 0.2) is 0 Å². The Balaban J connectivity index is 3.56. The van der Waals surface area contributed by atoms with Gasteiger partial charge in [-0.2, -0.15) is 0 Å². The second kappa shape index (κ2) is 3.73. The van der Waals surface area contributed by atoms with E-state index >= 15 is 0 Å². The quantitative estimate of drug-likeness (QED) is 0.584. The highest BCUT2D eigenvalue weighted by Gasteiger charge is 2.15. The Hall–Kier alpha value is -0.350. The molecule has 0 fully saturated rings. The molecule has 10 heavy (non-hydrogen) atoms. The molecule has 0 spiro atoms. The molecule has 0 aromatic rings. The zero-order valence-electron chi connectivity index (χ0n) is 6.60. The average molecular weight is 162 g/mol. The predicted molar refractivity (Wildman–Crippen MR) is 45.9 cm³/mol. The molecule has 0 saturated heterocycles. The zero-order chi connectivity index (χ0) is 8.20. The molecule has 3 nitrogen and oxygen atoms in total. The summed E-state index contributed by atoms with van der Waals surface area (Å²) in [5.74, 6) is 0. The van der Waals surface area contributed by atoms with E-state index in [0.29, 0.717) is 11.7 Å². The number of hydrogen-bond donors (Lipinski definition) is 2. The van der Waals surface area contributed by atoms with E-state index in [1.165, 1.54) is 0 Å². The molecule has 60 valence electrons. The predicted octanol–water partition coefficient (Wildman–Crippen LogP) is 0.245. The second-order valence-corrected chi connectivity index (χ2v) is 3.12. The number of ether oxygens (including phenoxy) is 1. The fourth-order valence-corrected chi connectivity index (χ4v) is 0.444. The van der Waals surface area contributed by atoms with Gasteiger partial charge in [0.1, 0.15) is 0 Å². The van der Waals surface area contributed by atoms with Crippen molar-refractivity contribution in [3.8, 4) is 0 Å². The van der Waals surface area contributed by atoms with Gasteiger partial charge in [-0.1, -0.05) is 0 Å². The molecule has 0 atom stereocenters. The lowest BCUT2D eigenvalue weighted by molar-refractivity contribution is 0.0271. The van der Waals surface area contributed by atoms with Gasteiger partial charge >= 0.3 is 0 Å². The highest BCUT2D eigenvalue weighted by molar-refractivity contribution is 7.80. The number of nitrogens with one attached hydrogen (secondary N) is 1. The van der Waals surface area contributed by atoms with Crippen LogP contribution in [0.5, 0.6) is 0 Å². The Bertz CT molecular complexity index is 125. The number of nitrogens with two attached hydrogens (primary N) is 1. The van der Waals surface area contributed by atoms with Gasteiger partial charge in [-0.05, 0) is 26.1 Å². The molecule has 0 aliphatic heterocycles. The van der Waals surface area contributed by atoms with Crippen molar-refractivity contribution in [3.05, 3.63) is 0 Å². The van der Waals surface area contributed by atoms with Gasteiger partial charge in [-0.15, -0.1) is 0 Å². The third-order valence-electron chi connectivity index (χ3n) is 1.24. The smallest absolute Gasteiger partial charge is 0.163 e. The average Bonchev–Trinajstić information content (AvgIpc) is 1.85. The molecule has 0 bridgehead atoms. The summed E-state index contributed by atoms with van der Waals surface area (Å²) in [4.78, 5) is 0. The van der Waals surface area contributed by atoms with Gasteiger partial charge in [0.05, 0.1) is 5.60 Å². The lowest BCUT2D eigenvalue weighted by Crippen LogP contribution is -2.41. The highest BCUT2D eigenvalue weighted by atomic mass is 32.1. The van der Waals surface area contributed by atoms with Crippen molar-refractivity contribution in [2.24, 2.45) is 5.73 Å². The normalized spacial score (nSPS) is 11.1. The van der Waals surface area contributed by atoms with Gasteiger partial charge in [0.15, 0.2) is 5.11 Å². The summed E-state index contributed by atoms with van der Waals surface area (Å²) < 4.78 is 5.11. The number of thiocarbonyl (C=S) groups is 1. The van der Waals surface area contributed by atoms with Crippen molar-refractivity contribution in [2.45, 2.75) is 19.4 Å². The summed E-state index contributed by atoms with van der Waals surface area (Å²) in [7, 11) is 1.65. The van der Waals surface area contributed by atoms with Crippen LogP contribution in [0, 0.1) is 0 Å². The van der Waals surface area contributed by atoms with E-state index < -0.39 is 0 Å². The van der Waals surface area contributed by atoms with E-state index in [0.717, 1.165) is 0 Å². The maximum Gasteiger partial charge on any atom is 0.163 e. The van der Waals surface area contributed by atoms with E-state index in [-0.39, 0.29) is 5.60 Å². The molecular formula is C6H14N2OS. The highest BCUT2D eigenvalue weighted by Crippen LogP contribution is 2.03. The number of methoxy groups -OCH3 is 1. The molecule has 0 aromatic carbocycles. The van der Waals surface area contributed by atoms with Gasteiger partial charge in [0, 0.05) is 13.7 Å². The van der Waals surface area contributed by atoms with Gasteiger partial charge in [0.25, 0.3) is 0 Å². The molecule has 0 radical (unpaired) electrons. The van der Waals surface area contributed by atoms with Crippen molar-refractivity contribution in [1.82, 2.24) is 5.32 Å². The summed E-state index contributed by atoms with van der Waals surface area (Å²) in [6.45, 7) is 4.55. The Morgan fingerprint density at radius 2 is 2.20 bits per heavy atom. The van der Waals surface area contributed by atoms with Crippen LogP contribution in [0.1, 0.15) is 13.8 Å². The number of rotatable bonds is 3.